The number of rotatable bonds is 8. The maximum absolute atomic E-state index is 13.7. The molecule has 1 saturated heterocycles. The number of sulfonamides is 2. The minimum Gasteiger partial charge on any atom is -0.489 e. The van der Waals surface area contributed by atoms with Crippen molar-refractivity contribution in [3.63, 3.8) is 0 Å². The van der Waals surface area contributed by atoms with Gasteiger partial charge in [0.1, 0.15) is 11.9 Å². The van der Waals surface area contributed by atoms with Gasteiger partial charge in [0.25, 0.3) is 20.0 Å². The minimum absolute atomic E-state index is 0.151. The van der Waals surface area contributed by atoms with E-state index in [0.29, 0.717) is 49.6 Å². The Morgan fingerprint density at radius 2 is 1.77 bits per heavy atom. The normalized spacial score (nSPS) is 17.4. The van der Waals surface area contributed by atoms with Crippen LogP contribution in [-0.4, -0.2) is 81.0 Å². The van der Waals surface area contributed by atoms with Gasteiger partial charge < -0.3 is 25.4 Å². The number of likely N-dealkylation sites (tertiary alicyclic amines) is 1. The second-order valence-corrected chi connectivity index (χ2v) is 13.2. The van der Waals surface area contributed by atoms with Gasteiger partial charge in [-0.1, -0.05) is 6.07 Å². The van der Waals surface area contributed by atoms with Gasteiger partial charge in [-0.05, 0) is 60.9 Å². The molecule has 2 aromatic carbocycles. The second-order valence-electron chi connectivity index (χ2n) is 9.39. The van der Waals surface area contributed by atoms with Crippen molar-refractivity contribution in [1.82, 2.24) is 9.80 Å². The fourth-order valence-corrected chi connectivity index (χ4v) is 8.17. The van der Waals surface area contributed by atoms with Crippen LogP contribution >= 0.6 is 0 Å². The molecule has 5 N–H and O–H groups in total. The predicted octanol–water partition coefficient (Wildman–Crippen LogP) is 0.998. The highest BCUT2D eigenvalue weighted by Crippen LogP contribution is 2.32. The molecule has 0 aliphatic carbocycles. The van der Waals surface area contributed by atoms with Crippen molar-refractivity contribution in [2.24, 2.45) is 5.73 Å². The van der Waals surface area contributed by atoms with Crippen LogP contribution in [0.5, 0.6) is 5.75 Å². The van der Waals surface area contributed by atoms with E-state index in [9.17, 15) is 26.7 Å². The number of fused-ring (bicyclic) bond motifs is 1. The standard InChI is InChI=1S/C24H30N6O7S2/c1-16(25)28-11-9-21(14-28)37-20-4-6-22(7-5-20)39(35,36)30(38(33,34)15-23(31)32)19-3-2-17-8-10-29(24(26)27)13-18(17)12-19/h2-7,12,21,25H,8-11,13-15H2,1H3,(H3,26,27)(H,31,32)/t21-/m0/s1. The molecule has 0 spiro atoms. The Labute approximate surface area is 226 Å². The highest BCUT2D eigenvalue weighted by atomic mass is 32.3. The number of benzene rings is 2. The van der Waals surface area contributed by atoms with E-state index in [2.05, 4.69) is 0 Å². The van der Waals surface area contributed by atoms with Crippen LogP contribution in [0.1, 0.15) is 24.5 Å². The number of amidine groups is 1. The van der Waals surface area contributed by atoms with E-state index in [1.54, 1.807) is 17.9 Å². The molecule has 13 nitrogen and oxygen atoms in total. The van der Waals surface area contributed by atoms with Gasteiger partial charge in [0.05, 0.1) is 23.0 Å². The number of carboxylic acid groups (broad SMARTS) is 1. The van der Waals surface area contributed by atoms with Crippen LogP contribution < -0.4 is 14.2 Å². The zero-order valence-electron chi connectivity index (χ0n) is 21.2. The lowest BCUT2D eigenvalue weighted by Gasteiger charge is -2.30. The molecular weight excluding hydrogens is 548 g/mol. The Balaban J connectivity index is 1.67. The van der Waals surface area contributed by atoms with Gasteiger partial charge in [-0.2, -0.15) is 3.71 Å². The van der Waals surface area contributed by atoms with E-state index in [-0.39, 0.29) is 32.9 Å². The largest absolute Gasteiger partial charge is 0.489 e. The molecule has 2 aliphatic rings. The zero-order valence-corrected chi connectivity index (χ0v) is 22.8. The molecule has 0 unspecified atom stereocenters. The van der Waals surface area contributed by atoms with E-state index in [1.165, 1.54) is 36.4 Å². The van der Waals surface area contributed by atoms with E-state index in [1.807, 2.05) is 4.90 Å². The average molecular weight is 579 g/mol. The molecule has 2 aromatic rings. The Morgan fingerprint density at radius 3 is 2.36 bits per heavy atom. The number of hydrogen-bond acceptors (Lipinski definition) is 8. The Hall–Kier alpha value is -3.85. The maximum Gasteiger partial charge on any atom is 0.320 e. The smallest absolute Gasteiger partial charge is 0.320 e. The van der Waals surface area contributed by atoms with E-state index >= 15 is 0 Å². The Bertz CT molecular complexity index is 1510. The second kappa shape index (κ2) is 10.7. The molecule has 0 saturated carbocycles. The molecule has 0 radical (unpaired) electrons. The minimum atomic E-state index is -4.87. The van der Waals surface area contributed by atoms with Crippen molar-refractivity contribution in [2.75, 3.05) is 29.1 Å². The Kier molecular flexibility index (Phi) is 7.75. The fraction of sp³-hybridized carbons (Fsp3) is 0.375. The topological polar surface area (TPSA) is 198 Å². The number of ether oxygens (including phenoxy) is 1. The van der Waals surface area contributed by atoms with Crippen molar-refractivity contribution in [2.45, 2.75) is 37.3 Å². The number of nitrogens with zero attached hydrogens (tertiary/aromatic N) is 3. The van der Waals surface area contributed by atoms with Crippen LogP contribution in [0.4, 0.5) is 5.69 Å². The summed E-state index contributed by atoms with van der Waals surface area (Å²) in [4.78, 5) is 14.4. The first-order chi connectivity index (χ1) is 18.3. The summed E-state index contributed by atoms with van der Waals surface area (Å²) in [5.41, 5.74) is 6.77. The van der Waals surface area contributed by atoms with Crippen LogP contribution in [-0.2, 0) is 37.8 Å². The monoisotopic (exact) mass is 578 g/mol. The summed E-state index contributed by atoms with van der Waals surface area (Å²) in [5.74, 6) is -2.50. The summed E-state index contributed by atoms with van der Waals surface area (Å²) in [6.07, 6.45) is 1.02. The third-order valence-electron chi connectivity index (χ3n) is 6.57. The van der Waals surface area contributed by atoms with Crippen molar-refractivity contribution in [3.8, 4) is 5.75 Å². The lowest BCUT2D eigenvalue weighted by molar-refractivity contribution is -0.134. The SMILES string of the molecule is CC(=N)N1CC[C@H](Oc2ccc(S(=O)(=O)N(c3ccc4c(c3)CN(C(=N)N)CC4)S(=O)(=O)CC(=O)O)cc2)C1. The average Bonchev–Trinajstić information content (AvgIpc) is 3.31. The summed E-state index contributed by atoms with van der Waals surface area (Å²) >= 11 is 0. The van der Waals surface area contributed by atoms with Gasteiger partial charge in [0.2, 0.25) is 0 Å². The van der Waals surface area contributed by atoms with Gasteiger partial charge >= 0.3 is 5.97 Å². The molecule has 39 heavy (non-hydrogen) atoms. The van der Waals surface area contributed by atoms with Crippen LogP contribution in [0, 0.1) is 10.8 Å². The molecule has 4 rings (SSSR count). The number of carboxylic acids is 1. The molecule has 0 aromatic heterocycles. The highest BCUT2D eigenvalue weighted by molar-refractivity contribution is 8.10. The van der Waals surface area contributed by atoms with E-state index in [4.69, 9.17) is 21.3 Å². The molecule has 2 aliphatic heterocycles. The fourth-order valence-electron chi connectivity index (χ4n) is 4.63. The maximum atomic E-state index is 13.7. The number of guanidine groups is 1. The summed E-state index contributed by atoms with van der Waals surface area (Å²) < 4.78 is 59.7. The molecule has 1 fully saturated rings. The quantitative estimate of drug-likeness (QED) is 0.259. The van der Waals surface area contributed by atoms with Crippen molar-refractivity contribution in [3.05, 3.63) is 53.6 Å². The summed E-state index contributed by atoms with van der Waals surface area (Å²) in [5, 5.41) is 24.6. The molecule has 2 heterocycles. The molecular formula is C24H30N6O7S2. The van der Waals surface area contributed by atoms with Crippen LogP contribution in [0.2, 0.25) is 0 Å². The van der Waals surface area contributed by atoms with Gasteiger partial charge in [-0.15, -0.1) is 0 Å². The van der Waals surface area contributed by atoms with Gasteiger partial charge in [0.15, 0.2) is 11.7 Å². The molecule has 1 atom stereocenters. The number of anilines is 1. The number of hydrogen-bond donors (Lipinski definition) is 4. The number of aliphatic carboxylic acids is 1. The zero-order chi connectivity index (χ0) is 28.5. The van der Waals surface area contributed by atoms with Crippen LogP contribution in [0.15, 0.2) is 47.4 Å². The first-order valence-corrected chi connectivity index (χ1v) is 15.1. The molecule has 0 bridgehead atoms. The van der Waals surface area contributed by atoms with Crippen LogP contribution in [0.3, 0.4) is 0 Å². The lowest BCUT2D eigenvalue weighted by atomic mass is 9.99. The summed E-state index contributed by atoms with van der Waals surface area (Å²) in [7, 11) is -9.64. The Morgan fingerprint density at radius 1 is 1.08 bits per heavy atom. The van der Waals surface area contributed by atoms with Gasteiger partial charge in [-0.25, -0.2) is 16.8 Å². The van der Waals surface area contributed by atoms with Crippen molar-refractivity contribution >= 4 is 43.5 Å². The lowest BCUT2D eigenvalue weighted by Crippen LogP contribution is -2.41. The first kappa shape index (κ1) is 28.2. The van der Waals surface area contributed by atoms with Gasteiger partial charge in [0, 0.05) is 26.1 Å². The number of nitrogens with two attached hydrogens (primary N) is 1. The van der Waals surface area contributed by atoms with Crippen molar-refractivity contribution in [1.29, 1.82) is 10.8 Å². The number of nitrogens with one attached hydrogen (secondary N) is 2. The summed E-state index contributed by atoms with van der Waals surface area (Å²) in [6, 6.07) is 9.53. The van der Waals surface area contributed by atoms with Crippen molar-refractivity contribution < 1.29 is 31.5 Å². The van der Waals surface area contributed by atoms with Crippen LogP contribution in [0.25, 0.3) is 0 Å². The molecule has 15 heteroatoms. The van der Waals surface area contributed by atoms with Gasteiger partial charge in [-0.3, -0.25) is 15.6 Å². The molecule has 0 amide bonds. The molecule has 210 valence electrons. The third kappa shape index (κ3) is 6.09. The summed E-state index contributed by atoms with van der Waals surface area (Å²) in [6.45, 7) is 3.54. The van der Waals surface area contributed by atoms with E-state index in [0.717, 1.165) is 5.56 Å². The first-order valence-electron chi connectivity index (χ1n) is 12.1. The number of carbonyl (C=O) groups is 1. The highest BCUT2D eigenvalue weighted by Gasteiger charge is 2.38. The van der Waals surface area contributed by atoms with E-state index < -0.39 is 31.8 Å². The third-order valence-corrected chi connectivity index (χ3v) is 10.7. The predicted molar refractivity (Wildman–Crippen MR) is 144 cm³/mol.